The minimum absolute atomic E-state index is 0.120. The molecule has 24 heavy (non-hydrogen) atoms. The van der Waals surface area contributed by atoms with Crippen LogP contribution >= 0.6 is 0 Å². The molecule has 1 saturated carbocycles. The summed E-state index contributed by atoms with van der Waals surface area (Å²) in [5.41, 5.74) is 3.56. The fraction of sp³-hybridized carbons (Fsp3) is 0.714. The van der Waals surface area contributed by atoms with E-state index in [9.17, 15) is 9.59 Å². The Kier molecular flexibility index (Phi) is 4.26. The summed E-state index contributed by atoms with van der Waals surface area (Å²) >= 11 is 0. The van der Waals surface area contributed by atoms with Crippen LogP contribution in [0.1, 0.15) is 66.2 Å². The van der Waals surface area contributed by atoms with Gasteiger partial charge in [0.15, 0.2) is 5.78 Å². The third-order valence-corrected chi connectivity index (χ3v) is 6.97. The van der Waals surface area contributed by atoms with E-state index in [1.54, 1.807) is 17.2 Å². The SMILES string of the molecule is COC(=O)C1=CC(=O)[C@]2(C)CC[C@@]3(C)CCC(C(C)C)=C3[C@H]2CC1. The van der Waals surface area contributed by atoms with Crippen molar-refractivity contribution >= 4 is 11.8 Å². The van der Waals surface area contributed by atoms with Gasteiger partial charge in [-0.3, -0.25) is 4.79 Å². The Balaban J connectivity index is 2.06. The lowest BCUT2D eigenvalue weighted by atomic mass is 9.54. The van der Waals surface area contributed by atoms with Crippen LogP contribution in [0.15, 0.2) is 22.8 Å². The zero-order valence-corrected chi connectivity index (χ0v) is 15.7. The molecule has 3 rings (SSSR count). The summed E-state index contributed by atoms with van der Waals surface area (Å²) in [6.07, 6.45) is 7.49. The van der Waals surface area contributed by atoms with Crippen molar-refractivity contribution in [3.8, 4) is 0 Å². The molecule has 0 radical (unpaired) electrons. The minimum Gasteiger partial charge on any atom is -0.466 e. The van der Waals surface area contributed by atoms with Crippen LogP contribution in [0.2, 0.25) is 0 Å². The lowest BCUT2D eigenvalue weighted by molar-refractivity contribution is -0.136. The van der Waals surface area contributed by atoms with Gasteiger partial charge in [-0.1, -0.05) is 38.8 Å². The third-order valence-electron chi connectivity index (χ3n) is 6.97. The number of allylic oxidation sites excluding steroid dienone is 3. The summed E-state index contributed by atoms with van der Waals surface area (Å²) in [5, 5.41) is 0. The molecule has 3 heteroatoms. The smallest absolute Gasteiger partial charge is 0.333 e. The van der Waals surface area contributed by atoms with Crippen LogP contribution in [0.5, 0.6) is 0 Å². The number of ether oxygens (including phenoxy) is 1. The lowest BCUT2D eigenvalue weighted by Gasteiger charge is -2.48. The van der Waals surface area contributed by atoms with Crippen LogP contribution in [-0.2, 0) is 14.3 Å². The van der Waals surface area contributed by atoms with Crippen molar-refractivity contribution < 1.29 is 14.3 Å². The van der Waals surface area contributed by atoms with Gasteiger partial charge in [0.1, 0.15) is 0 Å². The molecule has 0 aromatic rings. The molecular formula is C21H30O3. The van der Waals surface area contributed by atoms with Gasteiger partial charge in [0, 0.05) is 11.0 Å². The van der Waals surface area contributed by atoms with E-state index in [0.717, 1.165) is 19.3 Å². The fourth-order valence-electron chi connectivity index (χ4n) is 5.34. The maximum atomic E-state index is 13.1. The lowest BCUT2D eigenvalue weighted by Crippen LogP contribution is -2.44. The van der Waals surface area contributed by atoms with Crippen LogP contribution in [-0.4, -0.2) is 18.9 Å². The molecular weight excluding hydrogens is 300 g/mol. The highest BCUT2D eigenvalue weighted by atomic mass is 16.5. The van der Waals surface area contributed by atoms with Crippen LogP contribution in [0, 0.1) is 22.7 Å². The molecule has 0 saturated heterocycles. The van der Waals surface area contributed by atoms with E-state index in [1.165, 1.54) is 20.0 Å². The Morgan fingerprint density at radius 2 is 1.92 bits per heavy atom. The molecule has 0 N–H and O–H groups in total. The van der Waals surface area contributed by atoms with Crippen molar-refractivity contribution in [1.29, 1.82) is 0 Å². The van der Waals surface area contributed by atoms with E-state index >= 15 is 0 Å². The van der Waals surface area contributed by atoms with Gasteiger partial charge in [0.2, 0.25) is 0 Å². The zero-order valence-electron chi connectivity index (χ0n) is 15.7. The monoisotopic (exact) mass is 330 g/mol. The van der Waals surface area contributed by atoms with Gasteiger partial charge in [0.25, 0.3) is 0 Å². The predicted molar refractivity (Wildman–Crippen MR) is 94.4 cm³/mol. The highest BCUT2D eigenvalue weighted by Crippen LogP contribution is 2.62. The summed E-state index contributed by atoms with van der Waals surface area (Å²) in [6, 6.07) is 0. The van der Waals surface area contributed by atoms with Gasteiger partial charge in [0.05, 0.1) is 7.11 Å². The molecule has 0 aliphatic heterocycles. The first kappa shape index (κ1) is 17.4. The highest BCUT2D eigenvalue weighted by Gasteiger charge is 2.54. The molecule has 0 aromatic heterocycles. The van der Waals surface area contributed by atoms with Crippen LogP contribution < -0.4 is 0 Å². The molecule has 3 aliphatic carbocycles. The molecule has 0 heterocycles. The Hall–Kier alpha value is -1.38. The zero-order chi connectivity index (χ0) is 17.7. The van der Waals surface area contributed by atoms with Gasteiger partial charge in [-0.15, -0.1) is 0 Å². The molecule has 132 valence electrons. The molecule has 0 unspecified atom stereocenters. The molecule has 3 aliphatic rings. The second-order valence-corrected chi connectivity index (χ2v) is 8.69. The van der Waals surface area contributed by atoms with E-state index < -0.39 is 0 Å². The van der Waals surface area contributed by atoms with Crippen molar-refractivity contribution in [3.05, 3.63) is 22.8 Å². The number of methoxy groups -OCH3 is 1. The van der Waals surface area contributed by atoms with Gasteiger partial charge >= 0.3 is 5.97 Å². The summed E-state index contributed by atoms with van der Waals surface area (Å²) < 4.78 is 4.87. The molecule has 0 amide bonds. The normalized spacial score (nSPS) is 36.2. The first-order valence-corrected chi connectivity index (χ1v) is 9.29. The second-order valence-electron chi connectivity index (χ2n) is 8.69. The second kappa shape index (κ2) is 5.86. The van der Waals surface area contributed by atoms with E-state index in [0.29, 0.717) is 17.9 Å². The number of esters is 1. The van der Waals surface area contributed by atoms with E-state index in [2.05, 4.69) is 27.7 Å². The molecule has 0 bridgehead atoms. The first-order valence-electron chi connectivity index (χ1n) is 9.29. The summed E-state index contributed by atoms with van der Waals surface area (Å²) in [6.45, 7) is 9.06. The third kappa shape index (κ3) is 2.48. The van der Waals surface area contributed by atoms with Crippen LogP contribution in [0.25, 0.3) is 0 Å². The Morgan fingerprint density at radius 1 is 1.21 bits per heavy atom. The average molecular weight is 330 g/mol. The number of fused-ring (bicyclic) bond motifs is 3. The van der Waals surface area contributed by atoms with Crippen LogP contribution in [0.4, 0.5) is 0 Å². The number of rotatable bonds is 2. The fourth-order valence-corrected chi connectivity index (χ4v) is 5.34. The van der Waals surface area contributed by atoms with Crippen molar-refractivity contribution in [1.82, 2.24) is 0 Å². The largest absolute Gasteiger partial charge is 0.466 e. The molecule has 3 atom stereocenters. The Morgan fingerprint density at radius 3 is 2.54 bits per heavy atom. The standard InChI is InChI=1S/C21H30O3/c1-13(2)15-8-9-20(3)10-11-21(4)16(18(15)20)7-6-14(12-17(21)22)19(23)24-5/h12-13,16H,6-11H2,1-5H3/t16-,20-,21-/m1/s1. The summed E-state index contributed by atoms with van der Waals surface area (Å²) in [7, 11) is 1.39. The maximum Gasteiger partial charge on any atom is 0.333 e. The summed E-state index contributed by atoms with van der Waals surface area (Å²) in [5.74, 6) is 0.574. The van der Waals surface area contributed by atoms with Gasteiger partial charge in [-0.05, 0) is 61.9 Å². The average Bonchev–Trinajstić information content (AvgIpc) is 2.83. The number of carbonyl (C=O) groups is 2. The number of ketones is 1. The van der Waals surface area contributed by atoms with Crippen molar-refractivity contribution in [2.75, 3.05) is 7.11 Å². The topological polar surface area (TPSA) is 43.4 Å². The molecule has 0 aromatic carbocycles. The number of carbonyl (C=O) groups excluding carboxylic acids is 2. The molecule has 1 fully saturated rings. The Bertz CT molecular complexity index is 639. The Labute approximate surface area is 145 Å². The van der Waals surface area contributed by atoms with Gasteiger partial charge in [-0.25, -0.2) is 4.79 Å². The van der Waals surface area contributed by atoms with E-state index in [-0.39, 0.29) is 28.5 Å². The van der Waals surface area contributed by atoms with Crippen molar-refractivity contribution in [2.24, 2.45) is 22.7 Å². The van der Waals surface area contributed by atoms with Gasteiger partial charge < -0.3 is 4.74 Å². The van der Waals surface area contributed by atoms with E-state index in [1.807, 2.05) is 0 Å². The van der Waals surface area contributed by atoms with Crippen molar-refractivity contribution in [2.45, 2.75) is 66.2 Å². The van der Waals surface area contributed by atoms with Crippen molar-refractivity contribution in [3.63, 3.8) is 0 Å². The quantitative estimate of drug-likeness (QED) is 0.548. The minimum atomic E-state index is -0.366. The van der Waals surface area contributed by atoms with Crippen LogP contribution in [0.3, 0.4) is 0 Å². The summed E-state index contributed by atoms with van der Waals surface area (Å²) in [4.78, 5) is 25.0. The molecule has 3 nitrogen and oxygen atoms in total. The number of hydrogen-bond acceptors (Lipinski definition) is 3. The number of hydrogen-bond donors (Lipinski definition) is 0. The first-order chi connectivity index (χ1) is 11.2. The van der Waals surface area contributed by atoms with Gasteiger partial charge in [-0.2, -0.15) is 0 Å². The maximum absolute atomic E-state index is 13.1. The van der Waals surface area contributed by atoms with E-state index in [4.69, 9.17) is 4.74 Å². The molecule has 0 spiro atoms. The highest BCUT2D eigenvalue weighted by molar-refractivity contribution is 6.03. The predicted octanol–water partition coefficient (Wildman–Crippen LogP) is 4.62.